The number of halogens is 1. The molecule has 1 amide bonds. The Bertz CT molecular complexity index is 463. The van der Waals surface area contributed by atoms with Crippen molar-refractivity contribution in [1.29, 1.82) is 0 Å². The minimum Gasteiger partial charge on any atom is -0.364 e. The van der Waals surface area contributed by atoms with Crippen molar-refractivity contribution in [2.24, 2.45) is 0 Å². The predicted octanol–water partition coefficient (Wildman–Crippen LogP) is 1.46. The van der Waals surface area contributed by atoms with Gasteiger partial charge in [-0.05, 0) is 12.1 Å². The zero-order chi connectivity index (χ0) is 11.8. The molecule has 5 heteroatoms. The number of fused-ring (bicyclic) bond motifs is 3. The van der Waals surface area contributed by atoms with E-state index in [2.05, 4.69) is 15.5 Å². The number of hydrogen-bond acceptors (Lipinski definition) is 3. The maximum absolute atomic E-state index is 11.8. The molecule has 0 aliphatic carbocycles. The van der Waals surface area contributed by atoms with Crippen LogP contribution in [0.2, 0.25) is 5.02 Å². The predicted molar refractivity (Wildman–Crippen MR) is 68.7 cm³/mol. The number of rotatable bonds is 0. The number of carbonyl (C=O) groups excluding carboxylic acids is 1. The highest BCUT2D eigenvalue weighted by Gasteiger charge is 2.30. The second-order valence-electron chi connectivity index (χ2n) is 4.44. The van der Waals surface area contributed by atoms with Crippen LogP contribution in [-0.2, 0) is 4.79 Å². The molecule has 1 aromatic rings. The fourth-order valence-electron chi connectivity index (χ4n) is 2.54. The highest BCUT2D eigenvalue weighted by molar-refractivity contribution is 6.34. The normalized spacial score (nSPS) is 23.5. The first-order chi connectivity index (χ1) is 8.25. The molecule has 1 aromatic carbocycles. The largest absolute Gasteiger partial charge is 0.364 e. The molecule has 17 heavy (non-hydrogen) atoms. The van der Waals surface area contributed by atoms with E-state index in [9.17, 15) is 4.79 Å². The Morgan fingerprint density at radius 2 is 2.29 bits per heavy atom. The Hall–Kier alpha value is -1.26. The second kappa shape index (κ2) is 4.20. The first kappa shape index (κ1) is 10.9. The van der Waals surface area contributed by atoms with Gasteiger partial charge in [-0.3, -0.25) is 4.79 Å². The Morgan fingerprint density at radius 3 is 3.18 bits per heavy atom. The number of para-hydroxylation sites is 1. The van der Waals surface area contributed by atoms with Crippen LogP contribution in [0.3, 0.4) is 0 Å². The Labute approximate surface area is 105 Å². The van der Waals surface area contributed by atoms with Crippen molar-refractivity contribution >= 4 is 28.9 Å². The van der Waals surface area contributed by atoms with Crippen LogP contribution in [0, 0.1) is 0 Å². The fourth-order valence-corrected chi connectivity index (χ4v) is 2.76. The lowest BCUT2D eigenvalue weighted by atomic mass is 10.1. The minimum absolute atomic E-state index is 0.0375. The molecule has 1 unspecified atom stereocenters. The Kier molecular flexibility index (Phi) is 2.68. The van der Waals surface area contributed by atoms with E-state index < -0.39 is 0 Å². The van der Waals surface area contributed by atoms with Crippen molar-refractivity contribution < 1.29 is 4.79 Å². The Morgan fingerprint density at radius 1 is 1.41 bits per heavy atom. The average molecular weight is 252 g/mol. The molecular formula is C12H14ClN3O. The van der Waals surface area contributed by atoms with E-state index in [-0.39, 0.29) is 11.9 Å². The molecule has 4 nitrogen and oxygen atoms in total. The van der Waals surface area contributed by atoms with E-state index in [1.807, 2.05) is 18.2 Å². The molecular weight excluding hydrogens is 238 g/mol. The van der Waals surface area contributed by atoms with Crippen molar-refractivity contribution in [3.8, 4) is 0 Å². The van der Waals surface area contributed by atoms with E-state index in [0.29, 0.717) is 11.4 Å². The van der Waals surface area contributed by atoms with E-state index in [1.165, 1.54) is 0 Å². The smallest absolute Gasteiger partial charge is 0.226 e. The summed E-state index contributed by atoms with van der Waals surface area (Å²) in [4.78, 5) is 14.1. The van der Waals surface area contributed by atoms with Gasteiger partial charge in [-0.2, -0.15) is 0 Å². The summed E-state index contributed by atoms with van der Waals surface area (Å²) in [5, 5.41) is 6.84. The van der Waals surface area contributed by atoms with Crippen molar-refractivity contribution in [3.05, 3.63) is 23.2 Å². The van der Waals surface area contributed by atoms with Crippen molar-refractivity contribution in [1.82, 2.24) is 5.32 Å². The molecule has 0 radical (unpaired) electrons. The molecule has 0 saturated carbocycles. The maximum Gasteiger partial charge on any atom is 0.226 e. The number of hydrogen-bond donors (Lipinski definition) is 2. The molecule has 1 fully saturated rings. The van der Waals surface area contributed by atoms with Crippen LogP contribution in [0.25, 0.3) is 0 Å². The van der Waals surface area contributed by atoms with Crippen molar-refractivity contribution in [3.63, 3.8) is 0 Å². The molecule has 1 saturated heterocycles. The van der Waals surface area contributed by atoms with Gasteiger partial charge >= 0.3 is 0 Å². The highest BCUT2D eigenvalue weighted by atomic mass is 35.5. The molecule has 2 heterocycles. The molecule has 2 N–H and O–H groups in total. The van der Waals surface area contributed by atoms with Gasteiger partial charge in [-0.25, -0.2) is 0 Å². The maximum atomic E-state index is 11.8. The standard InChI is InChI=1S/C12H14ClN3O/c13-9-2-1-3-10-12(9)15-11(17)6-8-7-14-4-5-16(8)10/h1-3,8,14H,4-7H2,(H,15,17). The van der Waals surface area contributed by atoms with E-state index in [0.717, 1.165) is 31.0 Å². The molecule has 2 aliphatic heterocycles. The monoisotopic (exact) mass is 251 g/mol. The zero-order valence-electron chi connectivity index (χ0n) is 9.37. The Balaban J connectivity index is 2.09. The second-order valence-corrected chi connectivity index (χ2v) is 4.84. The van der Waals surface area contributed by atoms with Crippen molar-refractivity contribution in [2.75, 3.05) is 29.9 Å². The van der Waals surface area contributed by atoms with E-state index >= 15 is 0 Å². The van der Waals surface area contributed by atoms with Gasteiger partial charge in [0, 0.05) is 26.1 Å². The molecule has 3 rings (SSSR count). The van der Waals surface area contributed by atoms with E-state index in [1.54, 1.807) is 0 Å². The van der Waals surface area contributed by atoms with Crippen LogP contribution in [-0.4, -0.2) is 31.6 Å². The van der Waals surface area contributed by atoms with Gasteiger partial charge in [0.2, 0.25) is 5.91 Å². The molecule has 2 aliphatic rings. The summed E-state index contributed by atoms with van der Waals surface area (Å²) in [6.45, 7) is 2.70. The van der Waals surface area contributed by atoms with Crippen LogP contribution in [0.15, 0.2) is 18.2 Å². The van der Waals surface area contributed by atoms with Gasteiger partial charge in [-0.15, -0.1) is 0 Å². The third-order valence-corrected chi connectivity index (χ3v) is 3.65. The minimum atomic E-state index is 0.0375. The van der Waals surface area contributed by atoms with Crippen LogP contribution < -0.4 is 15.5 Å². The SMILES string of the molecule is O=C1CC2CNCCN2c2cccc(Cl)c2N1. The molecule has 0 spiro atoms. The summed E-state index contributed by atoms with van der Waals surface area (Å²) in [6.07, 6.45) is 0.512. The third-order valence-electron chi connectivity index (χ3n) is 3.34. The van der Waals surface area contributed by atoms with Gasteiger partial charge in [0.25, 0.3) is 0 Å². The zero-order valence-corrected chi connectivity index (χ0v) is 10.1. The fraction of sp³-hybridized carbons (Fsp3) is 0.417. The average Bonchev–Trinajstić information content (AvgIpc) is 2.46. The number of carbonyl (C=O) groups is 1. The molecule has 0 bridgehead atoms. The number of piperazine rings is 1. The number of amides is 1. The summed E-state index contributed by atoms with van der Waals surface area (Å²) in [5.74, 6) is 0.0375. The van der Waals surface area contributed by atoms with Gasteiger partial charge in [0.1, 0.15) is 0 Å². The summed E-state index contributed by atoms with van der Waals surface area (Å²) < 4.78 is 0. The van der Waals surface area contributed by atoms with Gasteiger partial charge in [0.05, 0.1) is 22.4 Å². The van der Waals surface area contributed by atoms with Crippen molar-refractivity contribution in [2.45, 2.75) is 12.5 Å². The lowest BCUT2D eigenvalue weighted by Gasteiger charge is -2.36. The first-order valence-corrected chi connectivity index (χ1v) is 6.19. The van der Waals surface area contributed by atoms with Gasteiger partial charge in [-0.1, -0.05) is 17.7 Å². The molecule has 0 aromatic heterocycles. The quantitative estimate of drug-likeness (QED) is 0.734. The summed E-state index contributed by atoms with van der Waals surface area (Å²) in [7, 11) is 0. The lowest BCUT2D eigenvalue weighted by molar-refractivity contribution is -0.116. The summed E-state index contributed by atoms with van der Waals surface area (Å²) in [6, 6.07) is 5.98. The third kappa shape index (κ3) is 1.87. The van der Waals surface area contributed by atoms with E-state index in [4.69, 9.17) is 11.6 Å². The number of nitrogens with zero attached hydrogens (tertiary/aromatic N) is 1. The molecule has 1 atom stereocenters. The van der Waals surface area contributed by atoms with Gasteiger partial charge < -0.3 is 15.5 Å². The number of nitrogens with one attached hydrogen (secondary N) is 2. The summed E-state index contributed by atoms with van der Waals surface area (Å²) in [5.41, 5.74) is 1.79. The summed E-state index contributed by atoms with van der Waals surface area (Å²) >= 11 is 6.15. The number of anilines is 2. The topological polar surface area (TPSA) is 44.4 Å². The van der Waals surface area contributed by atoms with Crippen LogP contribution in [0.4, 0.5) is 11.4 Å². The first-order valence-electron chi connectivity index (χ1n) is 5.81. The van der Waals surface area contributed by atoms with Crippen LogP contribution in [0.1, 0.15) is 6.42 Å². The highest BCUT2D eigenvalue weighted by Crippen LogP contribution is 2.36. The molecule has 90 valence electrons. The van der Waals surface area contributed by atoms with Gasteiger partial charge in [0.15, 0.2) is 0 Å². The lowest BCUT2D eigenvalue weighted by Crippen LogP contribution is -2.51. The van der Waals surface area contributed by atoms with Crippen LogP contribution in [0.5, 0.6) is 0 Å². The van der Waals surface area contributed by atoms with Crippen LogP contribution >= 0.6 is 11.6 Å². The number of benzene rings is 1.